The zero-order valence-electron chi connectivity index (χ0n) is 19.7. The van der Waals surface area contributed by atoms with Crippen molar-refractivity contribution in [2.24, 2.45) is 23.7 Å². The molecule has 2 heterocycles. The first-order chi connectivity index (χ1) is 15.9. The zero-order valence-corrected chi connectivity index (χ0v) is 19.7. The van der Waals surface area contributed by atoms with E-state index in [1.807, 2.05) is 43.3 Å². The van der Waals surface area contributed by atoms with E-state index in [0.717, 1.165) is 24.2 Å². The smallest absolute Gasteiger partial charge is 0.262 e. The van der Waals surface area contributed by atoms with E-state index in [9.17, 15) is 9.59 Å². The topological polar surface area (TPSA) is 68.4 Å². The van der Waals surface area contributed by atoms with E-state index in [-0.39, 0.29) is 17.3 Å². The van der Waals surface area contributed by atoms with Gasteiger partial charge in [-0.25, -0.2) is 0 Å². The van der Waals surface area contributed by atoms with Gasteiger partial charge in [0.15, 0.2) is 5.60 Å². The molecule has 2 aliphatic carbocycles. The average molecular weight is 446 g/mol. The van der Waals surface area contributed by atoms with Crippen LogP contribution in [0.5, 0.6) is 11.5 Å². The van der Waals surface area contributed by atoms with Gasteiger partial charge in [-0.05, 0) is 68.2 Å². The van der Waals surface area contributed by atoms with Crippen molar-refractivity contribution >= 4 is 5.78 Å². The highest BCUT2D eigenvalue weighted by Gasteiger charge is 2.59. The summed E-state index contributed by atoms with van der Waals surface area (Å²) in [5.41, 5.74) is 1.33. The van der Waals surface area contributed by atoms with Gasteiger partial charge in [-0.15, -0.1) is 0 Å². The number of nitrogens with one attached hydrogen (secondary N) is 1. The molecule has 1 aromatic carbocycles. The minimum atomic E-state index is -1.17. The van der Waals surface area contributed by atoms with Gasteiger partial charge < -0.3 is 14.5 Å². The third kappa shape index (κ3) is 3.28. The summed E-state index contributed by atoms with van der Waals surface area (Å²) in [6.45, 7) is 6.40. The Bertz CT molecular complexity index is 1210. The first kappa shape index (κ1) is 21.7. The van der Waals surface area contributed by atoms with Crippen molar-refractivity contribution in [2.75, 3.05) is 7.11 Å². The number of carbonyl (C=O) groups is 1. The zero-order chi connectivity index (χ0) is 23.3. The number of H-pyrrole nitrogens is 1. The average Bonchev–Trinajstić information content (AvgIpc) is 3.10. The number of aromatic nitrogens is 1. The number of pyridine rings is 1. The molecule has 1 fully saturated rings. The summed E-state index contributed by atoms with van der Waals surface area (Å²) in [5, 5.41) is 0. The molecule has 1 aliphatic heterocycles. The van der Waals surface area contributed by atoms with Gasteiger partial charge in [-0.3, -0.25) is 9.59 Å². The lowest BCUT2D eigenvalue weighted by Crippen LogP contribution is -2.54. The number of allylic oxidation sites excluding steroid dienone is 2. The quantitative estimate of drug-likeness (QED) is 0.627. The highest BCUT2D eigenvalue weighted by Crippen LogP contribution is 2.55. The van der Waals surface area contributed by atoms with Crippen LogP contribution in [0.4, 0.5) is 0 Å². The van der Waals surface area contributed by atoms with Crippen molar-refractivity contribution in [3.8, 4) is 22.6 Å². The fraction of sp³-hybridized carbons (Fsp3) is 0.429. The molecule has 5 atom stereocenters. The Balaban J connectivity index is 1.67. The molecule has 33 heavy (non-hydrogen) atoms. The highest BCUT2D eigenvalue weighted by atomic mass is 16.5. The van der Waals surface area contributed by atoms with Gasteiger partial charge in [0.2, 0.25) is 5.78 Å². The molecule has 1 saturated carbocycles. The Morgan fingerprint density at radius 3 is 2.64 bits per heavy atom. The minimum Gasteiger partial charge on any atom is -0.497 e. The molecule has 5 heteroatoms. The normalized spacial score (nSPS) is 30.7. The second-order valence-corrected chi connectivity index (χ2v) is 9.82. The van der Waals surface area contributed by atoms with E-state index in [4.69, 9.17) is 9.47 Å². The molecule has 0 amide bonds. The fourth-order valence-electron chi connectivity index (χ4n) is 6.28. The van der Waals surface area contributed by atoms with Crippen LogP contribution in [0.2, 0.25) is 0 Å². The molecule has 1 aromatic heterocycles. The van der Waals surface area contributed by atoms with Crippen molar-refractivity contribution in [1.82, 2.24) is 4.98 Å². The van der Waals surface area contributed by atoms with Crippen molar-refractivity contribution in [2.45, 2.75) is 45.6 Å². The summed E-state index contributed by atoms with van der Waals surface area (Å²) in [7, 11) is 1.62. The summed E-state index contributed by atoms with van der Waals surface area (Å²) in [6, 6.07) is 7.55. The van der Waals surface area contributed by atoms with E-state index in [0.29, 0.717) is 29.1 Å². The lowest BCUT2D eigenvalue weighted by Gasteiger charge is -2.48. The van der Waals surface area contributed by atoms with Crippen molar-refractivity contribution in [3.63, 3.8) is 0 Å². The monoisotopic (exact) mass is 445 g/mol. The van der Waals surface area contributed by atoms with Gasteiger partial charge in [0.1, 0.15) is 17.1 Å². The Hall–Kier alpha value is -3.08. The van der Waals surface area contributed by atoms with Gasteiger partial charge in [-0.2, -0.15) is 0 Å². The maximum absolute atomic E-state index is 14.0. The van der Waals surface area contributed by atoms with Crippen molar-refractivity contribution in [3.05, 3.63) is 70.2 Å². The molecule has 2 aromatic rings. The molecule has 0 saturated heterocycles. The number of rotatable bonds is 3. The van der Waals surface area contributed by atoms with Gasteiger partial charge in [0.25, 0.3) is 5.56 Å². The number of carbonyl (C=O) groups excluding carboxylic acids is 1. The van der Waals surface area contributed by atoms with Crippen LogP contribution in [0, 0.1) is 23.7 Å². The Labute approximate surface area is 194 Å². The molecule has 172 valence electrons. The van der Waals surface area contributed by atoms with E-state index in [1.54, 1.807) is 13.3 Å². The first-order valence-corrected chi connectivity index (χ1v) is 11.9. The third-order valence-electron chi connectivity index (χ3n) is 7.85. The molecule has 1 spiro atoms. The van der Waals surface area contributed by atoms with Gasteiger partial charge in [-0.1, -0.05) is 43.2 Å². The summed E-state index contributed by atoms with van der Waals surface area (Å²) in [5.74, 6) is 2.16. The maximum atomic E-state index is 14.0. The number of Topliss-reactive ketones (excluding diaryl/α,β-unsaturated/α-hetero) is 1. The Kier molecular flexibility index (Phi) is 5.31. The summed E-state index contributed by atoms with van der Waals surface area (Å²) in [6.07, 6.45) is 11.2. The second kappa shape index (κ2) is 8.05. The number of aromatic amines is 1. The number of hydrogen-bond donors (Lipinski definition) is 1. The fourth-order valence-corrected chi connectivity index (χ4v) is 6.28. The molecule has 5 rings (SSSR count). The van der Waals surface area contributed by atoms with E-state index < -0.39 is 11.2 Å². The molecule has 0 radical (unpaired) electrons. The Morgan fingerprint density at radius 1 is 1.18 bits per heavy atom. The van der Waals surface area contributed by atoms with Crippen LogP contribution in [-0.2, 0) is 0 Å². The predicted molar refractivity (Wildman–Crippen MR) is 129 cm³/mol. The van der Waals surface area contributed by atoms with Crippen LogP contribution >= 0.6 is 0 Å². The van der Waals surface area contributed by atoms with E-state index in [1.165, 1.54) is 12.0 Å². The molecular formula is C28H31NO4. The van der Waals surface area contributed by atoms with Crippen LogP contribution in [-0.4, -0.2) is 23.5 Å². The predicted octanol–water partition coefficient (Wildman–Crippen LogP) is 5.57. The van der Waals surface area contributed by atoms with Crippen molar-refractivity contribution in [1.29, 1.82) is 0 Å². The van der Waals surface area contributed by atoms with Crippen LogP contribution in [0.15, 0.2) is 59.1 Å². The highest BCUT2D eigenvalue weighted by molar-refractivity contribution is 6.10. The van der Waals surface area contributed by atoms with Crippen LogP contribution in [0.3, 0.4) is 0 Å². The lowest BCUT2D eigenvalue weighted by molar-refractivity contribution is 0.0193. The summed E-state index contributed by atoms with van der Waals surface area (Å²) in [4.78, 5) is 29.7. The van der Waals surface area contributed by atoms with E-state index >= 15 is 0 Å². The second-order valence-electron chi connectivity index (χ2n) is 9.82. The SMILES string of the molecule is C/C=C/[C@@H]1[C@H]2C[C@@H](C)CC[C@@H]2C(C)=C[C@@]12Oc1c(-c3ccc(OC)cc3)c[nH]c(=O)c1C2=O. The van der Waals surface area contributed by atoms with Crippen LogP contribution < -0.4 is 15.0 Å². The van der Waals surface area contributed by atoms with Crippen LogP contribution in [0.1, 0.15) is 50.4 Å². The molecule has 5 nitrogen and oxygen atoms in total. The summed E-state index contributed by atoms with van der Waals surface area (Å²) < 4.78 is 11.9. The summed E-state index contributed by atoms with van der Waals surface area (Å²) >= 11 is 0. The molecule has 0 unspecified atom stereocenters. The van der Waals surface area contributed by atoms with E-state index in [2.05, 4.69) is 24.9 Å². The minimum absolute atomic E-state index is 0.109. The lowest BCUT2D eigenvalue weighted by atomic mass is 9.58. The Morgan fingerprint density at radius 2 is 1.94 bits per heavy atom. The third-order valence-corrected chi connectivity index (χ3v) is 7.85. The molecule has 0 bridgehead atoms. The number of ether oxygens (including phenoxy) is 2. The van der Waals surface area contributed by atoms with Gasteiger partial charge in [0, 0.05) is 17.7 Å². The number of benzene rings is 1. The number of ketones is 1. The number of hydrogen-bond acceptors (Lipinski definition) is 4. The van der Waals surface area contributed by atoms with Gasteiger partial charge >= 0.3 is 0 Å². The number of fused-ring (bicyclic) bond motifs is 2. The largest absolute Gasteiger partial charge is 0.497 e. The van der Waals surface area contributed by atoms with Gasteiger partial charge in [0.05, 0.1) is 7.11 Å². The van der Waals surface area contributed by atoms with Crippen LogP contribution in [0.25, 0.3) is 11.1 Å². The molecule has 1 N–H and O–H groups in total. The van der Waals surface area contributed by atoms with Crippen molar-refractivity contribution < 1.29 is 14.3 Å². The number of methoxy groups -OCH3 is 1. The molecule has 3 aliphatic rings. The molecular weight excluding hydrogens is 414 g/mol. The maximum Gasteiger partial charge on any atom is 0.262 e. The standard InChI is InChI=1S/C28H31NO4/c1-5-6-23-21-13-16(2)7-12-20(21)17(3)14-28(23)26(30)24-25(33-28)22(15-29-27(24)31)18-8-10-19(32-4)11-9-18/h5-6,8-11,14-16,20-21,23H,7,12-13H2,1-4H3,(H,29,31)/b6-5+/t16-,20+,21-,23+,28+/m0/s1. The first-order valence-electron chi connectivity index (χ1n) is 11.9.